The molecule has 0 fully saturated rings. The Kier molecular flexibility index (Phi) is 6.33. The topological polar surface area (TPSA) is 66.4 Å². The molecule has 0 saturated heterocycles. The van der Waals surface area contributed by atoms with Gasteiger partial charge in [-0.3, -0.25) is 4.79 Å². The number of aliphatic carboxylic acids is 1. The summed E-state index contributed by atoms with van der Waals surface area (Å²) < 4.78 is 0. The Bertz CT molecular complexity index is 612. The standard InChI is InChI=1S/C18H27NO3Si/c1-7-8-14-9-10-15(16(11-14)23(5)6)12(2)18(4,17(21)22)19-13(3)20/h7,9-12,23H,1,8H2,2-6H3,(H,19,20)(H,21,22)/t12?,18-/m0/s1. The number of rotatable bonds is 7. The lowest BCUT2D eigenvalue weighted by Crippen LogP contribution is -2.56. The Labute approximate surface area is 140 Å². The van der Waals surface area contributed by atoms with Crippen LogP contribution in [-0.4, -0.2) is 31.3 Å². The largest absolute Gasteiger partial charge is 0.479 e. The molecule has 0 aliphatic heterocycles. The van der Waals surface area contributed by atoms with E-state index < -0.39 is 20.3 Å². The van der Waals surface area contributed by atoms with E-state index in [2.05, 4.69) is 31.1 Å². The molecule has 0 aliphatic rings. The number of amides is 1. The summed E-state index contributed by atoms with van der Waals surface area (Å²) >= 11 is 0. The summed E-state index contributed by atoms with van der Waals surface area (Å²) in [6.07, 6.45) is 2.66. The third kappa shape index (κ3) is 4.32. The smallest absolute Gasteiger partial charge is 0.329 e. The van der Waals surface area contributed by atoms with Gasteiger partial charge in [0.1, 0.15) is 5.54 Å². The molecule has 1 rings (SSSR count). The van der Waals surface area contributed by atoms with Gasteiger partial charge in [0.25, 0.3) is 0 Å². The number of carboxylic acids is 1. The van der Waals surface area contributed by atoms with Crippen molar-refractivity contribution in [2.45, 2.75) is 51.7 Å². The van der Waals surface area contributed by atoms with Crippen LogP contribution in [0.3, 0.4) is 0 Å². The Morgan fingerprint density at radius 2 is 2.04 bits per heavy atom. The second-order valence-electron chi connectivity index (χ2n) is 6.52. The van der Waals surface area contributed by atoms with Crippen molar-refractivity contribution in [3.05, 3.63) is 42.0 Å². The first kappa shape index (κ1) is 19.2. The maximum absolute atomic E-state index is 11.8. The van der Waals surface area contributed by atoms with Crippen molar-refractivity contribution in [3.63, 3.8) is 0 Å². The molecule has 0 saturated carbocycles. The molecule has 126 valence electrons. The summed E-state index contributed by atoms with van der Waals surface area (Å²) in [4.78, 5) is 23.3. The molecule has 4 nitrogen and oxygen atoms in total. The molecule has 0 spiro atoms. The van der Waals surface area contributed by atoms with Crippen molar-refractivity contribution in [2.75, 3.05) is 0 Å². The average molecular weight is 334 g/mol. The first-order chi connectivity index (χ1) is 10.6. The highest BCUT2D eigenvalue weighted by Gasteiger charge is 2.41. The number of nitrogens with one attached hydrogen (secondary N) is 1. The van der Waals surface area contributed by atoms with Crippen LogP contribution in [0.1, 0.15) is 37.8 Å². The van der Waals surface area contributed by atoms with Crippen molar-refractivity contribution >= 4 is 25.9 Å². The molecule has 1 aromatic carbocycles. The van der Waals surface area contributed by atoms with Gasteiger partial charge < -0.3 is 10.4 Å². The summed E-state index contributed by atoms with van der Waals surface area (Å²) in [6, 6.07) is 6.19. The fourth-order valence-corrected chi connectivity index (χ4v) is 4.40. The Hall–Kier alpha value is -1.88. The van der Waals surface area contributed by atoms with Crippen molar-refractivity contribution in [1.82, 2.24) is 5.32 Å². The quantitative estimate of drug-likeness (QED) is 0.594. The minimum absolute atomic E-state index is 0.327. The van der Waals surface area contributed by atoms with Gasteiger partial charge in [-0.2, -0.15) is 0 Å². The van der Waals surface area contributed by atoms with Gasteiger partial charge in [0.15, 0.2) is 0 Å². The molecule has 2 N–H and O–H groups in total. The van der Waals surface area contributed by atoms with Crippen molar-refractivity contribution in [3.8, 4) is 0 Å². The van der Waals surface area contributed by atoms with Gasteiger partial charge in [0, 0.05) is 12.8 Å². The van der Waals surface area contributed by atoms with E-state index in [4.69, 9.17) is 0 Å². The van der Waals surface area contributed by atoms with E-state index in [1.54, 1.807) is 6.92 Å². The third-order valence-corrected chi connectivity index (χ3v) is 6.11. The van der Waals surface area contributed by atoms with Crippen LogP contribution in [0.15, 0.2) is 30.9 Å². The lowest BCUT2D eigenvalue weighted by Gasteiger charge is -2.34. The Balaban J connectivity index is 3.39. The summed E-state index contributed by atoms with van der Waals surface area (Å²) in [5, 5.41) is 13.5. The van der Waals surface area contributed by atoms with Crippen LogP contribution >= 0.6 is 0 Å². The number of hydrogen-bond acceptors (Lipinski definition) is 2. The zero-order valence-electron chi connectivity index (χ0n) is 14.6. The van der Waals surface area contributed by atoms with Crippen LogP contribution in [0.4, 0.5) is 0 Å². The van der Waals surface area contributed by atoms with Crippen LogP contribution in [0.25, 0.3) is 0 Å². The lowest BCUT2D eigenvalue weighted by molar-refractivity contribution is -0.147. The van der Waals surface area contributed by atoms with E-state index in [0.717, 1.165) is 12.0 Å². The molecule has 23 heavy (non-hydrogen) atoms. The molecule has 0 bridgehead atoms. The number of benzene rings is 1. The molecular formula is C18H27NO3Si. The Morgan fingerprint density at radius 3 is 2.48 bits per heavy atom. The minimum atomic E-state index is -1.33. The van der Waals surface area contributed by atoms with Crippen LogP contribution in [0.2, 0.25) is 13.1 Å². The molecule has 1 amide bonds. The fourth-order valence-electron chi connectivity index (χ4n) is 2.84. The SMILES string of the molecule is C=CCc1ccc(C(C)[C@](C)(NC(C)=O)C(=O)O)c([SiH](C)C)c1. The summed E-state index contributed by atoms with van der Waals surface area (Å²) in [6.45, 7) is 13.0. The Morgan fingerprint density at radius 1 is 1.43 bits per heavy atom. The fraction of sp³-hybridized carbons (Fsp3) is 0.444. The zero-order valence-corrected chi connectivity index (χ0v) is 15.8. The van der Waals surface area contributed by atoms with Crippen molar-refractivity contribution < 1.29 is 14.7 Å². The summed E-state index contributed by atoms with van der Waals surface area (Å²) in [5.41, 5.74) is 0.867. The van der Waals surface area contributed by atoms with Gasteiger partial charge in [-0.05, 0) is 24.5 Å². The zero-order chi connectivity index (χ0) is 17.8. The van der Waals surface area contributed by atoms with Gasteiger partial charge in [0.05, 0.1) is 8.80 Å². The van der Waals surface area contributed by atoms with Gasteiger partial charge in [-0.25, -0.2) is 4.79 Å². The van der Waals surface area contributed by atoms with Gasteiger partial charge in [-0.15, -0.1) is 6.58 Å². The highest BCUT2D eigenvalue weighted by molar-refractivity contribution is 6.71. The average Bonchev–Trinajstić information content (AvgIpc) is 2.45. The van der Waals surface area contributed by atoms with E-state index in [0.29, 0.717) is 0 Å². The van der Waals surface area contributed by atoms with Crippen molar-refractivity contribution in [1.29, 1.82) is 0 Å². The molecule has 5 heteroatoms. The molecule has 0 heterocycles. The summed E-state index contributed by atoms with van der Waals surface area (Å²) in [7, 11) is -1.16. The number of carbonyl (C=O) groups is 2. The maximum atomic E-state index is 11.8. The molecule has 0 aromatic heterocycles. The van der Waals surface area contributed by atoms with Crippen LogP contribution in [0.5, 0.6) is 0 Å². The number of carboxylic acid groups (broad SMARTS) is 1. The summed E-state index contributed by atoms with van der Waals surface area (Å²) in [5.74, 6) is -1.69. The van der Waals surface area contributed by atoms with Gasteiger partial charge in [0.2, 0.25) is 5.91 Å². The van der Waals surface area contributed by atoms with Gasteiger partial charge >= 0.3 is 5.97 Å². The van der Waals surface area contributed by atoms with E-state index in [1.807, 2.05) is 25.1 Å². The second kappa shape index (κ2) is 7.59. The third-order valence-electron chi connectivity index (χ3n) is 4.37. The predicted octanol–water partition coefficient (Wildman–Crippen LogP) is 2.19. The molecule has 1 unspecified atom stereocenters. The lowest BCUT2D eigenvalue weighted by atomic mass is 9.81. The molecule has 0 radical (unpaired) electrons. The van der Waals surface area contributed by atoms with E-state index in [9.17, 15) is 14.7 Å². The van der Waals surface area contributed by atoms with E-state index in [1.165, 1.54) is 17.7 Å². The van der Waals surface area contributed by atoms with Crippen LogP contribution in [0, 0.1) is 0 Å². The number of allylic oxidation sites excluding steroid dienone is 1. The maximum Gasteiger partial charge on any atom is 0.329 e. The highest BCUT2D eigenvalue weighted by atomic mass is 28.3. The number of hydrogen-bond donors (Lipinski definition) is 2. The van der Waals surface area contributed by atoms with Crippen LogP contribution < -0.4 is 10.5 Å². The minimum Gasteiger partial charge on any atom is -0.479 e. The van der Waals surface area contributed by atoms with Crippen LogP contribution in [-0.2, 0) is 16.0 Å². The highest BCUT2D eigenvalue weighted by Crippen LogP contribution is 2.28. The predicted molar refractivity (Wildman–Crippen MR) is 97.1 cm³/mol. The monoisotopic (exact) mass is 333 g/mol. The van der Waals surface area contributed by atoms with E-state index >= 15 is 0 Å². The van der Waals surface area contributed by atoms with Crippen molar-refractivity contribution in [2.24, 2.45) is 0 Å². The van der Waals surface area contributed by atoms with Gasteiger partial charge in [-0.1, -0.05) is 49.5 Å². The first-order valence-corrected chi connectivity index (χ1v) is 10.8. The molecule has 2 atom stereocenters. The normalized spacial score (nSPS) is 14.9. The molecular weight excluding hydrogens is 306 g/mol. The van der Waals surface area contributed by atoms with E-state index in [-0.39, 0.29) is 11.8 Å². The number of carbonyl (C=O) groups excluding carboxylic acids is 1. The second-order valence-corrected chi connectivity index (χ2v) is 9.45. The molecule has 1 aromatic rings. The first-order valence-electron chi connectivity index (χ1n) is 7.89. The molecule has 0 aliphatic carbocycles.